The molecule has 0 amide bonds. The van der Waals surface area contributed by atoms with Gasteiger partial charge in [0.25, 0.3) is 0 Å². The van der Waals surface area contributed by atoms with Gasteiger partial charge in [-0.25, -0.2) is 0 Å². The summed E-state index contributed by atoms with van der Waals surface area (Å²) in [5.74, 6) is 0.373. The maximum absolute atomic E-state index is 6.13. The molecule has 1 heterocycles. The fraction of sp³-hybridized carbons (Fsp3) is 0.188. The monoisotopic (exact) mass is 255 g/mol. The van der Waals surface area contributed by atoms with Crippen LogP contribution in [0.4, 0.5) is 5.69 Å². The minimum Gasteiger partial charge on any atom is -0.256 e. The predicted molar refractivity (Wildman–Crippen MR) is 77.3 cm³/mol. The van der Waals surface area contributed by atoms with E-state index in [2.05, 4.69) is 36.2 Å². The Kier molecular flexibility index (Phi) is 2.92. The van der Waals surface area contributed by atoms with Gasteiger partial charge in [0.05, 0.1) is 5.69 Å². The van der Waals surface area contributed by atoms with Crippen LogP contribution in [0.2, 0.25) is 5.02 Å². The van der Waals surface area contributed by atoms with Crippen molar-refractivity contribution < 1.29 is 0 Å². The second kappa shape index (κ2) is 4.58. The largest absolute Gasteiger partial charge is 0.256 e. The SMILES string of the molecule is CCC1c2ccccc2C=Nc2ccc(Cl)cc21. The number of benzene rings is 2. The molecule has 1 nitrogen and oxygen atoms in total. The summed E-state index contributed by atoms with van der Waals surface area (Å²) >= 11 is 6.13. The average Bonchev–Trinajstić information content (AvgIpc) is 2.54. The Hall–Kier alpha value is -1.60. The van der Waals surface area contributed by atoms with Gasteiger partial charge in [-0.2, -0.15) is 0 Å². The Bertz CT molecular complexity index is 616. The molecule has 0 spiro atoms. The third-order valence-electron chi connectivity index (χ3n) is 3.49. The van der Waals surface area contributed by atoms with E-state index >= 15 is 0 Å². The first-order valence-electron chi connectivity index (χ1n) is 6.22. The maximum atomic E-state index is 6.13. The van der Waals surface area contributed by atoms with Gasteiger partial charge in [0.2, 0.25) is 0 Å². The minimum absolute atomic E-state index is 0.373. The molecular weight excluding hydrogens is 242 g/mol. The van der Waals surface area contributed by atoms with E-state index in [1.54, 1.807) is 0 Å². The fourth-order valence-electron chi connectivity index (χ4n) is 2.61. The van der Waals surface area contributed by atoms with E-state index < -0.39 is 0 Å². The van der Waals surface area contributed by atoms with Gasteiger partial charge in [-0.15, -0.1) is 0 Å². The Morgan fingerprint density at radius 2 is 1.94 bits per heavy atom. The molecule has 1 aliphatic rings. The van der Waals surface area contributed by atoms with Crippen molar-refractivity contribution in [2.75, 3.05) is 0 Å². The van der Waals surface area contributed by atoms with Crippen LogP contribution in [0.1, 0.15) is 36.0 Å². The highest BCUT2D eigenvalue weighted by molar-refractivity contribution is 6.30. The molecule has 1 unspecified atom stereocenters. The molecule has 0 saturated carbocycles. The summed E-state index contributed by atoms with van der Waals surface area (Å²) < 4.78 is 0. The quantitative estimate of drug-likeness (QED) is 0.684. The summed E-state index contributed by atoms with van der Waals surface area (Å²) in [7, 11) is 0. The third kappa shape index (κ3) is 1.85. The molecule has 1 aliphatic heterocycles. The van der Waals surface area contributed by atoms with Crippen LogP contribution in [-0.4, -0.2) is 6.21 Å². The Balaban J connectivity index is 2.26. The Labute approximate surface area is 112 Å². The molecule has 3 rings (SSSR count). The van der Waals surface area contributed by atoms with E-state index in [9.17, 15) is 0 Å². The van der Waals surface area contributed by atoms with Crippen molar-refractivity contribution in [3.05, 3.63) is 64.2 Å². The lowest BCUT2D eigenvalue weighted by Crippen LogP contribution is -2.01. The Morgan fingerprint density at radius 3 is 2.78 bits per heavy atom. The van der Waals surface area contributed by atoms with Gasteiger partial charge >= 0.3 is 0 Å². The van der Waals surface area contributed by atoms with E-state index in [1.807, 2.05) is 24.4 Å². The molecule has 90 valence electrons. The van der Waals surface area contributed by atoms with Crippen molar-refractivity contribution in [2.24, 2.45) is 4.99 Å². The summed E-state index contributed by atoms with van der Waals surface area (Å²) in [4.78, 5) is 4.58. The van der Waals surface area contributed by atoms with Crippen LogP contribution in [-0.2, 0) is 0 Å². The lowest BCUT2D eigenvalue weighted by atomic mass is 9.86. The van der Waals surface area contributed by atoms with Gasteiger partial charge < -0.3 is 0 Å². The number of hydrogen-bond acceptors (Lipinski definition) is 1. The van der Waals surface area contributed by atoms with E-state index in [-0.39, 0.29) is 0 Å². The van der Waals surface area contributed by atoms with Crippen molar-refractivity contribution in [3.63, 3.8) is 0 Å². The minimum atomic E-state index is 0.373. The second-order valence-corrected chi connectivity index (χ2v) is 4.99. The molecule has 0 saturated heterocycles. The zero-order chi connectivity index (χ0) is 12.5. The maximum Gasteiger partial charge on any atom is 0.0669 e. The summed E-state index contributed by atoms with van der Waals surface area (Å²) in [6, 6.07) is 14.4. The number of fused-ring (bicyclic) bond motifs is 2. The van der Waals surface area contributed by atoms with Crippen LogP contribution >= 0.6 is 11.6 Å². The van der Waals surface area contributed by atoms with E-state index in [0.29, 0.717) is 5.92 Å². The molecule has 0 aliphatic carbocycles. The normalized spacial score (nSPS) is 16.9. The first kappa shape index (κ1) is 11.5. The number of hydrogen-bond donors (Lipinski definition) is 0. The summed E-state index contributed by atoms with van der Waals surface area (Å²) in [6.45, 7) is 2.21. The van der Waals surface area contributed by atoms with Gasteiger partial charge in [-0.05, 0) is 41.3 Å². The van der Waals surface area contributed by atoms with Crippen molar-refractivity contribution in [1.82, 2.24) is 0 Å². The number of rotatable bonds is 1. The van der Waals surface area contributed by atoms with Gasteiger partial charge in [0, 0.05) is 17.2 Å². The first-order valence-corrected chi connectivity index (χ1v) is 6.60. The summed E-state index contributed by atoms with van der Waals surface area (Å²) in [6.07, 6.45) is 3.01. The van der Waals surface area contributed by atoms with Gasteiger partial charge in [0.15, 0.2) is 0 Å². The molecule has 2 aromatic rings. The molecule has 0 N–H and O–H groups in total. The van der Waals surface area contributed by atoms with E-state index in [1.165, 1.54) is 16.7 Å². The molecule has 1 atom stereocenters. The highest BCUT2D eigenvalue weighted by atomic mass is 35.5. The van der Waals surface area contributed by atoms with Crippen LogP contribution in [0.5, 0.6) is 0 Å². The molecule has 0 radical (unpaired) electrons. The molecule has 2 heteroatoms. The number of nitrogens with zero attached hydrogens (tertiary/aromatic N) is 1. The van der Waals surface area contributed by atoms with Crippen molar-refractivity contribution in [3.8, 4) is 0 Å². The standard InChI is InChI=1S/C16H14ClN/c1-2-13-14-6-4-3-5-11(14)10-18-16-8-7-12(17)9-15(13)16/h3-10,13H,2H2,1H3. The van der Waals surface area contributed by atoms with E-state index in [4.69, 9.17) is 11.6 Å². The van der Waals surface area contributed by atoms with Crippen molar-refractivity contribution in [1.29, 1.82) is 0 Å². The smallest absolute Gasteiger partial charge is 0.0669 e. The first-order chi connectivity index (χ1) is 8.79. The zero-order valence-corrected chi connectivity index (χ0v) is 11.0. The van der Waals surface area contributed by atoms with Crippen molar-refractivity contribution >= 4 is 23.5 Å². The van der Waals surface area contributed by atoms with E-state index in [0.717, 1.165) is 17.1 Å². The van der Waals surface area contributed by atoms with Crippen LogP contribution in [0.25, 0.3) is 0 Å². The zero-order valence-electron chi connectivity index (χ0n) is 10.2. The fourth-order valence-corrected chi connectivity index (χ4v) is 2.79. The highest BCUT2D eigenvalue weighted by Gasteiger charge is 2.20. The molecular formula is C16H14ClN. The van der Waals surface area contributed by atoms with Gasteiger partial charge in [-0.1, -0.05) is 42.8 Å². The van der Waals surface area contributed by atoms with Crippen molar-refractivity contribution in [2.45, 2.75) is 19.3 Å². The molecule has 0 fully saturated rings. The Morgan fingerprint density at radius 1 is 1.11 bits per heavy atom. The second-order valence-electron chi connectivity index (χ2n) is 4.55. The number of aliphatic imine (C=N–C) groups is 1. The van der Waals surface area contributed by atoms with Crippen LogP contribution in [0.15, 0.2) is 47.5 Å². The summed E-state index contributed by atoms with van der Waals surface area (Å²) in [5.41, 5.74) is 4.80. The van der Waals surface area contributed by atoms with Gasteiger partial charge in [0.1, 0.15) is 0 Å². The average molecular weight is 256 g/mol. The highest BCUT2D eigenvalue weighted by Crippen LogP contribution is 2.39. The lowest BCUT2D eigenvalue weighted by Gasteiger charge is -2.17. The molecule has 0 bridgehead atoms. The van der Waals surface area contributed by atoms with Crippen LogP contribution in [0.3, 0.4) is 0 Å². The molecule has 0 aromatic heterocycles. The topological polar surface area (TPSA) is 12.4 Å². The number of halogens is 1. The lowest BCUT2D eigenvalue weighted by molar-refractivity contribution is 0.779. The van der Waals surface area contributed by atoms with Gasteiger partial charge in [-0.3, -0.25) is 4.99 Å². The van der Waals surface area contributed by atoms with Crippen LogP contribution in [0, 0.1) is 0 Å². The third-order valence-corrected chi connectivity index (χ3v) is 3.72. The predicted octanol–water partition coefficient (Wildman–Crippen LogP) is 4.95. The van der Waals surface area contributed by atoms with Crippen LogP contribution < -0.4 is 0 Å². The molecule has 18 heavy (non-hydrogen) atoms. The molecule has 2 aromatic carbocycles. The summed E-state index contributed by atoms with van der Waals surface area (Å²) in [5, 5.41) is 0.779.